The van der Waals surface area contributed by atoms with Gasteiger partial charge in [-0.1, -0.05) is 0 Å². The normalized spacial score (nSPS) is 17.1. The maximum atomic E-state index is 12.4. The average Bonchev–Trinajstić information content (AvgIpc) is 2.66. The summed E-state index contributed by atoms with van der Waals surface area (Å²) in [6, 6.07) is 6.69. The van der Waals surface area contributed by atoms with E-state index in [9.17, 15) is 9.59 Å². The van der Waals surface area contributed by atoms with Crippen LogP contribution < -0.4 is 4.74 Å². The maximum Gasteiger partial charge on any atom is 0.338 e. The van der Waals surface area contributed by atoms with Crippen molar-refractivity contribution in [3.05, 3.63) is 29.8 Å². The molecule has 26 heavy (non-hydrogen) atoms. The Morgan fingerprint density at radius 1 is 0.962 bits per heavy atom. The van der Waals surface area contributed by atoms with Gasteiger partial charge in [-0.05, 0) is 62.8 Å². The summed E-state index contributed by atoms with van der Waals surface area (Å²) in [5.41, 5.74) is 0.482. The largest absolute Gasteiger partial charge is 0.459 e. The Morgan fingerprint density at radius 3 is 2.08 bits per heavy atom. The second-order valence-electron chi connectivity index (χ2n) is 6.46. The fourth-order valence-corrected chi connectivity index (χ4v) is 2.97. The van der Waals surface area contributed by atoms with E-state index < -0.39 is 6.48 Å². The third-order valence-electron chi connectivity index (χ3n) is 4.44. The molecule has 0 radical (unpaired) electrons. The Kier molecular flexibility index (Phi) is 8.58. The van der Waals surface area contributed by atoms with Crippen LogP contribution in [0.3, 0.4) is 0 Å². The lowest BCUT2D eigenvalue weighted by Gasteiger charge is -2.19. The second kappa shape index (κ2) is 10.9. The molecule has 1 saturated carbocycles. The number of ether oxygens (including phenoxy) is 4. The molecule has 2 rings (SSSR count). The highest BCUT2D eigenvalue weighted by Crippen LogP contribution is 2.20. The van der Waals surface area contributed by atoms with Gasteiger partial charge in [0.15, 0.2) is 0 Å². The molecule has 1 fully saturated rings. The summed E-state index contributed by atoms with van der Waals surface area (Å²) in [5.74, 6) is 0.565. The summed E-state index contributed by atoms with van der Waals surface area (Å²) in [4.78, 5) is 24.0. The predicted molar refractivity (Wildman–Crippen MR) is 96.0 cm³/mol. The molecule has 6 heteroatoms. The number of esters is 1. The van der Waals surface area contributed by atoms with E-state index in [1.54, 1.807) is 24.3 Å². The summed E-state index contributed by atoms with van der Waals surface area (Å²) < 4.78 is 21.1. The lowest BCUT2D eigenvalue weighted by Crippen LogP contribution is -2.21. The molecule has 0 N–H and O–H groups in total. The van der Waals surface area contributed by atoms with Gasteiger partial charge in [0.2, 0.25) is 0 Å². The number of rotatable bonds is 6. The van der Waals surface area contributed by atoms with Gasteiger partial charge in [-0.2, -0.15) is 0 Å². The summed E-state index contributed by atoms with van der Waals surface area (Å²) in [6.07, 6.45) is 6.39. The van der Waals surface area contributed by atoms with Crippen LogP contribution in [-0.4, -0.2) is 38.6 Å². The Morgan fingerprint density at radius 2 is 1.54 bits per heavy atom. The van der Waals surface area contributed by atoms with Gasteiger partial charge in [0.1, 0.15) is 17.6 Å². The Bertz CT molecular complexity index is 550. The molecule has 0 aromatic heterocycles. The molecule has 1 aliphatic rings. The number of ketones is 1. The molecule has 1 aromatic carbocycles. The van der Waals surface area contributed by atoms with Gasteiger partial charge < -0.3 is 18.9 Å². The van der Waals surface area contributed by atoms with Crippen molar-refractivity contribution in [2.24, 2.45) is 0 Å². The van der Waals surface area contributed by atoms with E-state index >= 15 is 0 Å². The van der Waals surface area contributed by atoms with Crippen molar-refractivity contribution in [3.8, 4) is 5.75 Å². The first kappa shape index (κ1) is 20.4. The average molecular weight is 364 g/mol. The predicted octanol–water partition coefficient (Wildman–Crippen LogP) is 3.87. The first-order valence-electron chi connectivity index (χ1n) is 9.17. The molecule has 0 amide bonds. The van der Waals surface area contributed by atoms with Crippen molar-refractivity contribution in [2.45, 2.75) is 63.9 Å². The quantitative estimate of drug-likeness (QED) is 0.564. The summed E-state index contributed by atoms with van der Waals surface area (Å²) in [5, 5.41) is 0. The number of hydrogen-bond acceptors (Lipinski definition) is 6. The fraction of sp³-hybridized carbons (Fsp3) is 0.600. The standard InChI is InChI=1S/C20H28O6/c1-23-20(24-2)26-18-13-11-15(12-14-18)19(22)25-17-9-5-3-7-16(21)8-4-6-10-17/h11-14,17,20H,3-10H2,1-2H3. The molecule has 1 aromatic rings. The number of hydrogen-bond donors (Lipinski definition) is 0. The zero-order valence-corrected chi connectivity index (χ0v) is 15.6. The van der Waals surface area contributed by atoms with E-state index in [-0.39, 0.29) is 12.1 Å². The Hall–Kier alpha value is -1.92. The van der Waals surface area contributed by atoms with Crippen molar-refractivity contribution in [1.29, 1.82) is 0 Å². The molecule has 0 spiro atoms. The first-order chi connectivity index (χ1) is 12.6. The highest BCUT2D eigenvalue weighted by atomic mass is 16.8. The molecule has 0 heterocycles. The Balaban J connectivity index is 1.88. The van der Waals surface area contributed by atoms with Gasteiger partial charge in [0, 0.05) is 27.1 Å². The minimum absolute atomic E-state index is 0.0852. The summed E-state index contributed by atoms with van der Waals surface area (Å²) in [6.45, 7) is -0.789. The van der Waals surface area contributed by atoms with Crippen LogP contribution in [-0.2, 0) is 19.0 Å². The highest BCUT2D eigenvalue weighted by molar-refractivity contribution is 5.89. The third-order valence-corrected chi connectivity index (χ3v) is 4.44. The smallest absolute Gasteiger partial charge is 0.338 e. The van der Waals surface area contributed by atoms with Crippen LogP contribution in [0.25, 0.3) is 0 Å². The van der Waals surface area contributed by atoms with Crippen LogP contribution >= 0.6 is 0 Å². The fourth-order valence-electron chi connectivity index (χ4n) is 2.97. The van der Waals surface area contributed by atoms with Crippen molar-refractivity contribution in [1.82, 2.24) is 0 Å². The monoisotopic (exact) mass is 364 g/mol. The van der Waals surface area contributed by atoms with Gasteiger partial charge in [0.05, 0.1) is 5.56 Å². The van der Waals surface area contributed by atoms with Crippen LogP contribution in [0.4, 0.5) is 0 Å². The lowest BCUT2D eigenvalue weighted by atomic mass is 9.98. The molecule has 0 aliphatic heterocycles. The molecule has 1 aliphatic carbocycles. The molecular weight excluding hydrogens is 336 g/mol. The topological polar surface area (TPSA) is 71.1 Å². The summed E-state index contributed by atoms with van der Waals surface area (Å²) in [7, 11) is 2.96. The minimum atomic E-state index is -0.789. The van der Waals surface area contributed by atoms with Gasteiger partial charge >= 0.3 is 12.4 Å². The van der Waals surface area contributed by atoms with Crippen LogP contribution in [0.1, 0.15) is 61.7 Å². The van der Waals surface area contributed by atoms with E-state index in [1.165, 1.54) is 14.2 Å². The van der Waals surface area contributed by atoms with Crippen molar-refractivity contribution < 1.29 is 28.5 Å². The van der Waals surface area contributed by atoms with Crippen LogP contribution in [0, 0.1) is 0 Å². The van der Waals surface area contributed by atoms with Crippen molar-refractivity contribution in [3.63, 3.8) is 0 Å². The zero-order chi connectivity index (χ0) is 18.8. The van der Waals surface area contributed by atoms with Crippen LogP contribution in [0.15, 0.2) is 24.3 Å². The van der Waals surface area contributed by atoms with E-state index in [0.717, 1.165) is 38.5 Å². The second-order valence-corrected chi connectivity index (χ2v) is 6.46. The van der Waals surface area contributed by atoms with E-state index in [1.807, 2.05) is 0 Å². The first-order valence-corrected chi connectivity index (χ1v) is 9.17. The van der Waals surface area contributed by atoms with Gasteiger partial charge in [0.25, 0.3) is 0 Å². The molecular formula is C20H28O6. The van der Waals surface area contributed by atoms with E-state index in [0.29, 0.717) is 29.9 Å². The number of methoxy groups -OCH3 is 2. The lowest BCUT2D eigenvalue weighted by molar-refractivity contribution is -0.219. The van der Waals surface area contributed by atoms with Crippen LogP contribution in [0.2, 0.25) is 0 Å². The molecule has 0 unspecified atom stereocenters. The van der Waals surface area contributed by atoms with Crippen LogP contribution in [0.5, 0.6) is 5.75 Å². The zero-order valence-electron chi connectivity index (χ0n) is 15.6. The van der Waals surface area contributed by atoms with Gasteiger partial charge in [-0.25, -0.2) is 4.79 Å². The van der Waals surface area contributed by atoms with Crippen molar-refractivity contribution in [2.75, 3.05) is 14.2 Å². The highest BCUT2D eigenvalue weighted by Gasteiger charge is 2.18. The number of carbonyl (C=O) groups is 2. The summed E-state index contributed by atoms with van der Waals surface area (Å²) >= 11 is 0. The van der Waals surface area contributed by atoms with Crippen molar-refractivity contribution >= 4 is 11.8 Å². The van der Waals surface area contributed by atoms with Gasteiger partial charge in [-0.3, -0.25) is 4.79 Å². The minimum Gasteiger partial charge on any atom is -0.459 e. The molecule has 0 bridgehead atoms. The van der Waals surface area contributed by atoms with Gasteiger partial charge in [-0.15, -0.1) is 0 Å². The van der Waals surface area contributed by atoms with E-state index in [4.69, 9.17) is 18.9 Å². The molecule has 6 nitrogen and oxygen atoms in total. The molecule has 0 atom stereocenters. The molecule has 0 saturated heterocycles. The third kappa shape index (κ3) is 6.77. The number of Topliss-reactive ketones (excluding diaryl/α,β-unsaturated/α-hetero) is 1. The number of benzene rings is 1. The number of carbonyl (C=O) groups excluding carboxylic acids is 2. The Labute approximate surface area is 154 Å². The maximum absolute atomic E-state index is 12.4. The van der Waals surface area contributed by atoms with E-state index in [2.05, 4.69) is 0 Å². The SMILES string of the molecule is COC(OC)Oc1ccc(C(=O)OC2CCCCC(=O)CCCC2)cc1. The molecule has 144 valence electrons.